The maximum Gasteiger partial charge on any atom is 0.256 e. The fourth-order valence-electron chi connectivity index (χ4n) is 6.38. The predicted octanol–water partition coefficient (Wildman–Crippen LogP) is 2.97. The van der Waals surface area contributed by atoms with Crippen LogP contribution in [-0.4, -0.2) is 89.8 Å². The van der Waals surface area contributed by atoms with E-state index in [9.17, 15) is 18.8 Å². The molecule has 2 atom stereocenters. The Morgan fingerprint density at radius 3 is 2.58 bits per heavy atom. The van der Waals surface area contributed by atoms with Gasteiger partial charge in [-0.25, -0.2) is 4.39 Å². The van der Waals surface area contributed by atoms with Crippen molar-refractivity contribution in [3.63, 3.8) is 0 Å². The molecule has 2 unspecified atom stereocenters. The predicted molar refractivity (Wildman–Crippen MR) is 142 cm³/mol. The normalized spacial score (nSPS) is 24.6. The number of amides is 3. The minimum atomic E-state index is -0.781. The fourth-order valence-corrected chi connectivity index (χ4v) is 6.54. The van der Waals surface area contributed by atoms with Gasteiger partial charge in [0.15, 0.2) is 0 Å². The number of halogens is 2. The van der Waals surface area contributed by atoms with Crippen LogP contribution in [-0.2, 0) is 9.59 Å². The van der Waals surface area contributed by atoms with Crippen LogP contribution in [0, 0.1) is 5.82 Å². The van der Waals surface area contributed by atoms with E-state index in [1.807, 2.05) is 0 Å². The summed E-state index contributed by atoms with van der Waals surface area (Å²) >= 11 is 5.90. The largest absolute Gasteiger partial charge is 0.337 e. The monoisotopic (exact) mass is 539 g/mol. The first-order chi connectivity index (χ1) is 18.4. The van der Waals surface area contributed by atoms with Gasteiger partial charge >= 0.3 is 0 Å². The molecular formula is C28H31ClFN5O3. The number of benzene rings is 2. The lowest BCUT2D eigenvalue weighted by atomic mass is 10.0. The minimum Gasteiger partial charge on any atom is -0.337 e. The number of likely N-dealkylation sites (tertiary alicyclic amines) is 1. The number of piperidine rings is 1. The summed E-state index contributed by atoms with van der Waals surface area (Å²) in [5, 5.41) is 6.55. The lowest BCUT2D eigenvalue weighted by Crippen LogP contribution is -2.62. The number of carbonyl (C=O) groups excluding carboxylic acids is 3. The number of anilines is 1. The summed E-state index contributed by atoms with van der Waals surface area (Å²) in [6, 6.07) is 8.78. The SMILES string of the molecule is O=C1Nc2ccc(-c3ccc(Cl)cc3F)cc2C(=O)N2CCN(C(=O)C3CCCN3C3CCNCC3)CC12. The Labute approximate surface area is 226 Å². The molecule has 3 fully saturated rings. The molecule has 4 heterocycles. The molecule has 0 aliphatic carbocycles. The van der Waals surface area contributed by atoms with Gasteiger partial charge in [0.25, 0.3) is 5.91 Å². The van der Waals surface area contributed by atoms with Crippen LogP contribution in [0.1, 0.15) is 36.0 Å². The minimum absolute atomic E-state index is 0.0585. The van der Waals surface area contributed by atoms with Crippen molar-refractivity contribution in [2.45, 2.75) is 43.8 Å². The van der Waals surface area contributed by atoms with Gasteiger partial charge in [-0.3, -0.25) is 19.3 Å². The van der Waals surface area contributed by atoms with E-state index < -0.39 is 11.9 Å². The molecular weight excluding hydrogens is 509 g/mol. The van der Waals surface area contributed by atoms with Crippen molar-refractivity contribution < 1.29 is 18.8 Å². The highest BCUT2D eigenvalue weighted by Gasteiger charge is 2.44. The molecule has 200 valence electrons. The Kier molecular flexibility index (Phi) is 6.84. The quantitative estimate of drug-likeness (QED) is 0.626. The van der Waals surface area contributed by atoms with Crippen LogP contribution in [0.25, 0.3) is 11.1 Å². The number of fused-ring (bicyclic) bond motifs is 2. The second kappa shape index (κ2) is 10.3. The summed E-state index contributed by atoms with van der Waals surface area (Å²) in [5.41, 5.74) is 1.54. The molecule has 0 radical (unpaired) electrons. The van der Waals surface area contributed by atoms with E-state index in [-0.39, 0.29) is 41.9 Å². The van der Waals surface area contributed by atoms with E-state index in [2.05, 4.69) is 15.5 Å². The highest BCUT2D eigenvalue weighted by molar-refractivity contribution is 6.30. The third-order valence-electron chi connectivity index (χ3n) is 8.36. The summed E-state index contributed by atoms with van der Waals surface area (Å²) in [6.45, 7) is 3.68. The van der Waals surface area contributed by atoms with Gasteiger partial charge in [0.1, 0.15) is 11.9 Å². The average molecular weight is 540 g/mol. The average Bonchev–Trinajstić information content (AvgIpc) is 3.39. The van der Waals surface area contributed by atoms with E-state index in [4.69, 9.17) is 11.6 Å². The van der Waals surface area contributed by atoms with Crippen molar-refractivity contribution >= 4 is 35.0 Å². The smallest absolute Gasteiger partial charge is 0.256 e. The molecule has 0 bridgehead atoms. The van der Waals surface area contributed by atoms with Crippen LogP contribution >= 0.6 is 11.6 Å². The molecule has 6 rings (SSSR count). The molecule has 3 amide bonds. The Morgan fingerprint density at radius 1 is 0.974 bits per heavy atom. The molecule has 0 aromatic heterocycles. The zero-order valence-corrected chi connectivity index (χ0v) is 21.8. The second-order valence-electron chi connectivity index (χ2n) is 10.5. The van der Waals surface area contributed by atoms with Crippen LogP contribution in [0.5, 0.6) is 0 Å². The number of piperazine rings is 1. The second-order valence-corrected chi connectivity index (χ2v) is 11.0. The third kappa shape index (κ3) is 4.57. The summed E-state index contributed by atoms with van der Waals surface area (Å²) in [5.74, 6) is -1.05. The zero-order chi connectivity index (χ0) is 26.4. The standard InChI is InChI=1S/C28H31ClFN5O3/c29-18-4-5-20(22(30)15-18)17-3-6-23-21(14-17)27(37)35-13-12-33(16-25(35)26(36)32-23)28(38)24-2-1-11-34(24)19-7-9-31-10-8-19/h3-6,14-15,19,24-25,31H,1-2,7-13,16H2,(H,32,36). The van der Waals surface area contributed by atoms with Crippen molar-refractivity contribution in [2.75, 3.05) is 44.6 Å². The fraction of sp³-hybridized carbons (Fsp3) is 0.464. The van der Waals surface area contributed by atoms with Gasteiger partial charge < -0.3 is 20.4 Å². The molecule has 4 aliphatic rings. The first-order valence-corrected chi connectivity index (χ1v) is 13.7. The van der Waals surface area contributed by atoms with Crippen LogP contribution in [0.15, 0.2) is 36.4 Å². The van der Waals surface area contributed by atoms with Gasteiger partial charge in [-0.2, -0.15) is 0 Å². The van der Waals surface area contributed by atoms with Gasteiger partial charge in [-0.15, -0.1) is 0 Å². The summed E-state index contributed by atoms with van der Waals surface area (Å²) < 4.78 is 14.6. The van der Waals surface area contributed by atoms with Crippen LogP contribution in [0.4, 0.5) is 10.1 Å². The molecule has 0 spiro atoms. The molecule has 38 heavy (non-hydrogen) atoms. The van der Waals surface area contributed by atoms with Crippen molar-refractivity contribution in [3.05, 3.63) is 52.8 Å². The number of hydrogen-bond donors (Lipinski definition) is 2. The molecule has 4 aliphatic heterocycles. The number of hydrogen-bond acceptors (Lipinski definition) is 5. The number of rotatable bonds is 3. The molecule has 0 saturated carbocycles. The molecule has 3 saturated heterocycles. The number of nitrogens with zero attached hydrogens (tertiary/aromatic N) is 3. The highest BCUT2D eigenvalue weighted by Crippen LogP contribution is 2.33. The highest BCUT2D eigenvalue weighted by atomic mass is 35.5. The zero-order valence-electron chi connectivity index (χ0n) is 21.1. The first kappa shape index (κ1) is 25.3. The lowest BCUT2D eigenvalue weighted by Gasteiger charge is -2.42. The Bertz CT molecular complexity index is 1280. The molecule has 10 heteroatoms. The maximum atomic E-state index is 14.6. The van der Waals surface area contributed by atoms with Gasteiger partial charge in [-0.1, -0.05) is 17.7 Å². The van der Waals surface area contributed by atoms with Gasteiger partial charge in [0.2, 0.25) is 11.8 Å². The number of carbonyl (C=O) groups is 3. The summed E-state index contributed by atoms with van der Waals surface area (Å²) in [6.07, 6.45) is 3.90. The summed E-state index contributed by atoms with van der Waals surface area (Å²) in [4.78, 5) is 46.2. The van der Waals surface area contributed by atoms with Crippen LogP contribution < -0.4 is 10.6 Å². The van der Waals surface area contributed by atoms with Gasteiger partial charge in [-0.05, 0) is 81.2 Å². The van der Waals surface area contributed by atoms with Crippen LogP contribution in [0.2, 0.25) is 5.02 Å². The van der Waals surface area contributed by atoms with E-state index in [0.717, 1.165) is 45.3 Å². The topological polar surface area (TPSA) is 85.0 Å². The third-order valence-corrected chi connectivity index (χ3v) is 8.60. The van der Waals surface area contributed by atoms with Crippen molar-refractivity contribution in [2.24, 2.45) is 0 Å². The maximum absolute atomic E-state index is 14.6. The first-order valence-electron chi connectivity index (χ1n) is 13.4. The van der Waals surface area contributed by atoms with E-state index in [1.165, 1.54) is 6.07 Å². The van der Waals surface area contributed by atoms with Gasteiger partial charge in [0, 0.05) is 29.7 Å². The Balaban J connectivity index is 1.21. The van der Waals surface area contributed by atoms with Crippen molar-refractivity contribution in [1.82, 2.24) is 20.0 Å². The molecule has 2 N–H and O–H groups in total. The van der Waals surface area contributed by atoms with Crippen molar-refractivity contribution in [3.8, 4) is 11.1 Å². The van der Waals surface area contributed by atoms with E-state index in [1.54, 1.807) is 40.1 Å². The summed E-state index contributed by atoms with van der Waals surface area (Å²) in [7, 11) is 0. The lowest BCUT2D eigenvalue weighted by molar-refractivity contribution is -0.140. The van der Waals surface area contributed by atoms with Gasteiger partial charge in [0.05, 0.1) is 23.8 Å². The van der Waals surface area contributed by atoms with E-state index in [0.29, 0.717) is 35.0 Å². The molecule has 8 nitrogen and oxygen atoms in total. The number of nitrogens with one attached hydrogen (secondary N) is 2. The van der Waals surface area contributed by atoms with Crippen LogP contribution in [0.3, 0.4) is 0 Å². The molecule has 2 aromatic rings. The van der Waals surface area contributed by atoms with Crippen molar-refractivity contribution in [1.29, 1.82) is 0 Å². The Hall–Kier alpha value is -3.01. The molecule has 2 aromatic carbocycles. The Morgan fingerprint density at radius 2 is 1.79 bits per heavy atom. The van der Waals surface area contributed by atoms with E-state index >= 15 is 0 Å².